The lowest BCUT2D eigenvalue weighted by molar-refractivity contribution is -0.141. The van der Waals surface area contributed by atoms with Gasteiger partial charge in [-0.1, -0.05) is 0 Å². The van der Waals surface area contributed by atoms with Gasteiger partial charge in [0.1, 0.15) is 5.69 Å². The number of carbonyl (C=O) groups is 2. The Balaban J connectivity index is 2.79. The van der Waals surface area contributed by atoms with Crippen LogP contribution >= 0.6 is 0 Å². The van der Waals surface area contributed by atoms with Crippen LogP contribution in [0.4, 0.5) is 5.69 Å². The molecule has 0 saturated heterocycles. The monoisotopic (exact) mass is 251 g/mol. The minimum Gasteiger partial charge on any atom is -0.481 e. The second kappa shape index (κ2) is 6.00. The number of amides is 1. The van der Waals surface area contributed by atoms with Gasteiger partial charge in [-0.2, -0.15) is 0 Å². The van der Waals surface area contributed by atoms with E-state index in [4.69, 9.17) is 5.11 Å². The quantitative estimate of drug-likeness (QED) is 0.725. The van der Waals surface area contributed by atoms with Gasteiger partial charge in [-0.05, 0) is 26.0 Å². The molecule has 98 valence electrons. The van der Waals surface area contributed by atoms with E-state index in [1.165, 1.54) is 13.2 Å². The zero-order valence-electron chi connectivity index (χ0n) is 10.6. The second-order valence-electron chi connectivity index (χ2n) is 4.07. The fourth-order valence-electron chi connectivity index (χ4n) is 1.37. The molecule has 1 heterocycles. The number of nitrogens with zero attached hydrogens (tertiary/aromatic N) is 1. The Kier molecular flexibility index (Phi) is 4.65. The number of pyridine rings is 1. The Hall–Kier alpha value is -2.11. The minimum atomic E-state index is -0.865. The zero-order valence-corrected chi connectivity index (χ0v) is 10.6. The van der Waals surface area contributed by atoms with Gasteiger partial charge in [0.25, 0.3) is 5.91 Å². The largest absolute Gasteiger partial charge is 0.481 e. The molecule has 0 aliphatic carbocycles. The van der Waals surface area contributed by atoms with Gasteiger partial charge in [0, 0.05) is 25.0 Å². The van der Waals surface area contributed by atoms with E-state index in [0.717, 1.165) is 0 Å². The van der Waals surface area contributed by atoms with Crippen LogP contribution < -0.4 is 10.6 Å². The average molecular weight is 251 g/mol. The predicted octanol–water partition coefficient (Wildman–Crippen LogP) is 0.962. The van der Waals surface area contributed by atoms with Crippen molar-refractivity contribution >= 4 is 17.6 Å². The number of hydrogen-bond donors (Lipinski definition) is 3. The van der Waals surface area contributed by atoms with Gasteiger partial charge in [0.05, 0.1) is 5.92 Å². The van der Waals surface area contributed by atoms with Crippen LogP contribution in [0.1, 0.15) is 24.3 Å². The van der Waals surface area contributed by atoms with Gasteiger partial charge in [-0.25, -0.2) is 0 Å². The molecule has 6 nitrogen and oxygen atoms in total. The van der Waals surface area contributed by atoms with Crippen molar-refractivity contribution < 1.29 is 14.7 Å². The fourth-order valence-corrected chi connectivity index (χ4v) is 1.37. The van der Waals surface area contributed by atoms with Crippen LogP contribution in [0.5, 0.6) is 0 Å². The van der Waals surface area contributed by atoms with Crippen molar-refractivity contribution in [2.45, 2.75) is 19.9 Å². The highest BCUT2D eigenvalue weighted by molar-refractivity contribution is 5.92. The topological polar surface area (TPSA) is 91.3 Å². The smallest absolute Gasteiger partial charge is 0.308 e. The normalized spacial score (nSPS) is 13.5. The van der Waals surface area contributed by atoms with Crippen LogP contribution in [-0.4, -0.2) is 35.1 Å². The molecular weight excluding hydrogens is 234 g/mol. The molecule has 1 aromatic heterocycles. The summed E-state index contributed by atoms with van der Waals surface area (Å²) in [6.45, 7) is 3.40. The van der Waals surface area contributed by atoms with Crippen LogP contribution in [0.15, 0.2) is 18.3 Å². The number of rotatable bonds is 5. The first kappa shape index (κ1) is 14.0. The maximum absolute atomic E-state index is 11.4. The first-order valence-corrected chi connectivity index (χ1v) is 5.63. The number of hydrogen-bond acceptors (Lipinski definition) is 4. The van der Waals surface area contributed by atoms with Crippen LogP contribution in [0.2, 0.25) is 0 Å². The molecule has 1 rings (SSSR count). The number of aliphatic carboxylic acids is 1. The van der Waals surface area contributed by atoms with Gasteiger partial charge in [-0.15, -0.1) is 0 Å². The summed E-state index contributed by atoms with van der Waals surface area (Å²) in [5.74, 6) is -1.67. The van der Waals surface area contributed by atoms with E-state index >= 15 is 0 Å². The molecule has 0 aliphatic rings. The summed E-state index contributed by atoms with van der Waals surface area (Å²) in [7, 11) is 1.53. The minimum absolute atomic E-state index is 0.248. The fraction of sp³-hybridized carbons (Fsp3) is 0.417. The highest BCUT2D eigenvalue weighted by Gasteiger charge is 2.19. The van der Waals surface area contributed by atoms with E-state index in [2.05, 4.69) is 15.6 Å². The van der Waals surface area contributed by atoms with E-state index in [-0.39, 0.29) is 17.6 Å². The molecule has 2 unspecified atom stereocenters. The molecule has 1 amide bonds. The molecular formula is C12H17N3O3. The van der Waals surface area contributed by atoms with Crippen molar-refractivity contribution in [2.24, 2.45) is 5.92 Å². The Morgan fingerprint density at radius 3 is 2.61 bits per heavy atom. The summed E-state index contributed by atoms with van der Waals surface area (Å²) in [6.07, 6.45) is 1.51. The SMILES string of the molecule is CNC(=O)c1cc(NC(C)C(C)C(=O)O)ccn1. The van der Waals surface area contributed by atoms with Gasteiger partial charge in [0.15, 0.2) is 0 Å². The van der Waals surface area contributed by atoms with E-state index < -0.39 is 11.9 Å². The van der Waals surface area contributed by atoms with E-state index in [0.29, 0.717) is 5.69 Å². The van der Waals surface area contributed by atoms with Crippen molar-refractivity contribution in [3.05, 3.63) is 24.0 Å². The molecule has 18 heavy (non-hydrogen) atoms. The summed E-state index contributed by atoms with van der Waals surface area (Å²) in [5, 5.41) is 14.4. The van der Waals surface area contributed by atoms with Crippen molar-refractivity contribution in [3.8, 4) is 0 Å². The molecule has 2 atom stereocenters. The third kappa shape index (κ3) is 3.44. The van der Waals surface area contributed by atoms with Gasteiger partial charge in [0.2, 0.25) is 0 Å². The highest BCUT2D eigenvalue weighted by atomic mass is 16.4. The molecule has 0 saturated carbocycles. The first-order chi connectivity index (χ1) is 8.45. The number of carbonyl (C=O) groups excluding carboxylic acids is 1. The van der Waals surface area contributed by atoms with Gasteiger partial charge < -0.3 is 15.7 Å². The standard InChI is InChI=1S/C12H17N3O3/c1-7(12(17)18)8(2)15-9-4-5-14-10(6-9)11(16)13-3/h4-8H,1-3H3,(H,13,16)(H,14,15)(H,17,18). The maximum Gasteiger partial charge on any atom is 0.308 e. The number of anilines is 1. The summed E-state index contributed by atoms with van der Waals surface area (Å²) in [4.78, 5) is 26.2. The number of aromatic nitrogens is 1. The van der Waals surface area contributed by atoms with Gasteiger partial charge in [-0.3, -0.25) is 14.6 Å². The Morgan fingerprint density at radius 1 is 1.39 bits per heavy atom. The van der Waals surface area contributed by atoms with Crippen LogP contribution in [0.25, 0.3) is 0 Å². The lowest BCUT2D eigenvalue weighted by Gasteiger charge is -2.19. The molecule has 3 N–H and O–H groups in total. The Labute approximate surface area is 105 Å². The highest BCUT2D eigenvalue weighted by Crippen LogP contribution is 2.13. The molecule has 0 fully saturated rings. The summed E-state index contributed by atoms with van der Waals surface area (Å²) < 4.78 is 0. The summed E-state index contributed by atoms with van der Waals surface area (Å²) >= 11 is 0. The molecule has 0 aromatic carbocycles. The molecule has 0 radical (unpaired) electrons. The van der Waals surface area contributed by atoms with Crippen LogP contribution in [-0.2, 0) is 4.79 Å². The van der Waals surface area contributed by atoms with Crippen molar-refractivity contribution in [3.63, 3.8) is 0 Å². The van der Waals surface area contributed by atoms with E-state index in [1.54, 1.807) is 26.0 Å². The van der Waals surface area contributed by atoms with Crippen molar-refractivity contribution in [2.75, 3.05) is 12.4 Å². The van der Waals surface area contributed by atoms with E-state index in [1.807, 2.05) is 0 Å². The second-order valence-corrected chi connectivity index (χ2v) is 4.07. The Bertz CT molecular complexity index is 448. The zero-order chi connectivity index (χ0) is 13.7. The van der Waals surface area contributed by atoms with E-state index in [9.17, 15) is 9.59 Å². The van der Waals surface area contributed by atoms with Crippen LogP contribution in [0.3, 0.4) is 0 Å². The molecule has 6 heteroatoms. The lowest BCUT2D eigenvalue weighted by Crippen LogP contribution is -2.30. The summed E-state index contributed by atoms with van der Waals surface area (Å²) in [6, 6.07) is 3.03. The molecule has 0 bridgehead atoms. The van der Waals surface area contributed by atoms with Crippen molar-refractivity contribution in [1.29, 1.82) is 0 Å². The third-order valence-corrected chi connectivity index (χ3v) is 2.75. The maximum atomic E-state index is 11.4. The number of nitrogens with one attached hydrogen (secondary N) is 2. The molecule has 0 spiro atoms. The Morgan fingerprint density at radius 2 is 2.06 bits per heavy atom. The molecule has 1 aromatic rings. The lowest BCUT2D eigenvalue weighted by atomic mass is 10.0. The first-order valence-electron chi connectivity index (χ1n) is 5.63. The predicted molar refractivity (Wildman–Crippen MR) is 67.5 cm³/mol. The third-order valence-electron chi connectivity index (χ3n) is 2.75. The number of carboxylic acids is 1. The van der Waals surface area contributed by atoms with Crippen LogP contribution in [0, 0.1) is 5.92 Å². The average Bonchev–Trinajstić information content (AvgIpc) is 2.36. The summed E-state index contributed by atoms with van der Waals surface area (Å²) in [5.41, 5.74) is 0.960. The van der Waals surface area contributed by atoms with Crippen molar-refractivity contribution in [1.82, 2.24) is 10.3 Å². The number of carboxylic acid groups (broad SMARTS) is 1. The van der Waals surface area contributed by atoms with Gasteiger partial charge >= 0.3 is 5.97 Å². The molecule has 0 aliphatic heterocycles.